The van der Waals surface area contributed by atoms with Crippen LogP contribution in [0.2, 0.25) is 0 Å². The predicted molar refractivity (Wildman–Crippen MR) is 85.1 cm³/mol. The van der Waals surface area contributed by atoms with E-state index < -0.39 is 0 Å². The number of nitrogens with zero attached hydrogens (tertiary/aromatic N) is 2. The van der Waals surface area contributed by atoms with Crippen LogP contribution in [0.25, 0.3) is 0 Å². The van der Waals surface area contributed by atoms with Crippen molar-refractivity contribution in [2.24, 2.45) is 5.73 Å². The summed E-state index contributed by atoms with van der Waals surface area (Å²) in [6.45, 7) is 5.89. The molecule has 1 atom stereocenters. The summed E-state index contributed by atoms with van der Waals surface area (Å²) in [6.07, 6.45) is 5.32. The molecule has 2 N–H and O–H groups in total. The summed E-state index contributed by atoms with van der Waals surface area (Å²) in [5.74, 6) is 0.930. The first-order valence-corrected chi connectivity index (χ1v) is 7.48. The zero-order valence-corrected chi connectivity index (χ0v) is 13.3. The van der Waals surface area contributed by atoms with Crippen LogP contribution in [-0.2, 0) is 6.54 Å². The molecule has 0 spiro atoms. The Morgan fingerprint density at radius 1 is 1.50 bits per heavy atom. The lowest BCUT2D eigenvalue weighted by atomic mass is 10.0. The molecule has 2 heterocycles. The van der Waals surface area contributed by atoms with Crippen LogP contribution in [0, 0.1) is 13.8 Å². The number of piperidine rings is 1. The van der Waals surface area contributed by atoms with E-state index in [1.165, 1.54) is 12.8 Å². The Hall–Kier alpha value is -1.20. The molecule has 1 aromatic heterocycles. The molecule has 2 rings (SSSR count). The maximum atomic E-state index is 5.87. The Labute approximate surface area is 126 Å². The summed E-state index contributed by atoms with van der Waals surface area (Å²) < 4.78 is 5.47. The smallest absolute Gasteiger partial charge is 0.128 e. The lowest BCUT2D eigenvalue weighted by Gasteiger charge is -2.35. The van der Waals surface area contributed by atoms with Crippen LogP contribution >= 0.6 is 12.2 Å². The van der Waals surface area contributed by atoms with Crippen molar-refractivity contribution in [1.29, 1.82) is 0 Å². The first-order chi connectivity index (χ1) is 9.54. The monoisotopic (exact) mass is 293 g/mol. The number of aryl methyl sites for hydroxylation is 1. The molecule has 0 saturated carbocycles. The fraction of sp³-hybridized carbons (Fsp3) is 0.600. The SMILES string of the molecule is COc1c(C)cnc(CN2CCCCC2C(N)=S)c1C. The summed E-state index contributed by atoms with van der Waals surface area (Å²) in [5, 5.41) is 0. The first-order valence-electron chi connectivity index (χ1n) is 7.07. The number of aromatic nitrogens is 1. The highest BCUT2D eigenvalue weighted by Gasteiger charge is 2.25. The number of pyridine rings is 1. The third kappa shape index (κ3) is 3.10. The number of rotatable bonds is 4. The third-order valence-corrected chi connectivity index (χ3v) is 4.32. The van der Waals surface area contributed by atoms with Crippen LogP contribution in [0.4, 0.5) is 0 Å². The van der Waals surface area contributed by atoms with Crippen molar-refractivity contribution in [2.45, 2.75) is 45.7 Å². The van der Waals surface area contributed by atoms with Crippen molar-refractivity contribution in [2.75, 3.05) is 13.7 Å². The van der Waals surface area contributed by atoms with E-state index in [2.05, 4.69) is 16.8 Å². The summed E-state index contributed by atoms with van der Waals surface area (Å²) in [7, 11) is 1.71. The van der Waals surface area contributed by atoms with Crippen molar-refractivity contribution >= 4 is 17.2 Å². The van der Waals surface area contributed by atoms with Crippen LogP contribution in [-0.4, -0.2) is 34.6 Å². The number of methoxy groups -OCH3 is 1. The second kappa shape index (κ2) is 6.50. The largest absolute Gasteiger partial charge is 0.496 e. The van der Waals surface area contributed by atoms with Crippen molar-refractivity contribution in [3.8, 4) is 5.75 Å². The predicted octanol–water partition coefficient (Wildman–Crippen LogP) is 2.35. The van der Waals surface area contributed by atoms with E-state index >= 15 is 0 Å². The third-order valence-electron chi connectivity index (χ3n) is 4.04. The Balaban J connectivity index is 2.22. The number of hydrogen-bond acceptors (Lipinski definition) is 4. The standard InChI is InChI=1S/C15H23N3OS/c1-10-8-17-12(11(2)14(10)19-3)9-18-7-5-4-6-13(18)15(16)20/h8,13H,4-7,9H2,1-3H3,(H2,16,20). The summed E-state index contributed by atoms with van der Waals surface area (Å²) in [5.41, 5.74) is 9.10. The van der Waals surface area contributed by atoms with Gasteiger partial charge in [-0.15, -0.1) is 0 Å². The number of thiocarbonyl (C=S) groups is 1. The Kier molecular flexibility index (Phi) is 4.94. The molecule has 0 bridgehead atoms. The van der Waals surface area contributed by atoms with E-state index in [1.807, 2.05) is 13.1 Å². The average Bonchev–Trinajstić information content (AvgIpc) is 2.43. The highest BCUT2D eigenvalue weighted by atomic mass is 32.1. The normalized spacial score (nSPS) is 19.9. The molecule has 0 radical (unpaired) electrons. The number of likely N-dealkylation sites (tertiary alicyclic amines) is 1. The molecule has 0 aromatic carbocycles. The summed E-state index contributed by atoms with van der Waals surface area (Å²) in [6, 6.07) is 0.201. The number of nitrogens with two attached hydrogens (primary N) is 1. The van der Waals surface area contributed by atoms with Crippen molar-refractivity contribution in [3.05, 3.63) is 23.0 Å². The fourth-order valence-corrected chi connectivity index (χ4v) is 3.19. The van der Waals surface area contributed by atoms with E-state index in [4.69, 9.17) is 22.7 Å². The van der Waals surface area contributed by atoms with E-state index in [1.54, 1.807) is 7.11 Å². The van der Waals surface area contributed by atoms with Gasteiger partial charge in [0.15, 0.2) is 0 Å². The topological polar surface area (TPSA) is 51.4 Å². The van der Waals surface area contributed by atoms with Crippen LogP contribution in [0.3, 0.4) is 0 Å². The summed E-state index contributed by atoms with van der Waals surface area (Å²) in [4.78, 5) is 7.51. The molecule has 1 aromatic rings. The molecule has 110 valence electrons. The van der Waals surface area contributed by atoms with Gasteiger partial charge in [0.05, 0.1) is 23.8 Å². The minimum absolute atomic E-state index is 0.201. The molecule has 20 heavy (non-hydrogen) atoms. The van der Waals surface area contributed by atoms with Crippen LogP contribution < -0.4 is 10.5 Å². The number of hydrogen-bond donors (Lipinski definition) is 1. The van der Waals surface area contributed by atoms with Crippen LogP contribution in [0.1, 0.15) is 36.1 Å². The average molecular weight is 293 g/mol. The highest BCUT2D eigenvalue weighted by Crippen LogP contribution is 2.26. The molecular weight excluding hydrogens is 270 g/mol. The van der Waals surface area contributed by atoms with Gasteiger partial charge in [-0.1, -0.05) is 18.6 Å². The van der Waals surface area contributed by atoms with E-state index in [-0.39, 0.29) is 6.04 Å². The van der Waals surface area contributed by atoms with Gasteiger partial charge in [-0.2, -0.15) is 0 Å². The van der Waals surface area contributed by atoms with Gasteiger partial charge in [0, 0.05) is 23.9 Å². The highest BCUT2D eigenvalue weighted by molar-refractivity contribution is 7.80. The lowest BCUT2D eigenvalue weighted by Crippen LogP contribution is -2.46. The van der Waals surface area contributed by atoms with Gasteiger partial charge in [0.2, 0.25) is 0 Å². The molecule has 1 fully saturated rings. The van der Waals surface area contributed by atoms with Gasteiger partial charge >= 0.3 is 0 Å². The van der Waals surface area contributed by atoms with Gasteiger partial charge in [-0.05, 0) is 33.2 Å². The Bertz CT molecular complexity index is 504. The van der Waals surface area contributed by atoms with Gasteiger partial charge in [-0.25, -0.2) is 0 Å². The first kappa shape index (κ1) is 15.2. The Morgan fingerprint density at radius 3 is 2.90 bits per heavy atom. The molecule has 0 aliphatic carbocycles. The zero-order chi connectivity index (χ0) is 14.7. The van der Waals surface area contributed by atoms with Gasteiger partial charge in [0.25, 0.3) is 0 Å². The second-order valence-corrected chi connectivity index (χ2v) is 5.90. The van der Waals surface area contributed by atoms with Crippen LogP contribution in [0.5, 0.6) is 5.75 Å². The van der Waals surface area contributed by atoms with E-state index in [0.717, 1.165) is 42.1 Å². The van der Waals surface area contributed by atoms with E-state index in [9.17, 15) is 0 Å². The lowest BCUT2D eigenvalue weighted by molar-refractivity contribution is 0.182. The van der Waals surface area contributed by atoms with E-state index in [0.29, 0.717) is 4.99 Å². The molecule has 1 aliphatic rings. The van der Waals surface area contributed by atoms with Gasteiger partial charge in [0.1, 0.15) is 5.75 Å². The quantitative estimate of drug-likeness (QED) is 0.864. The second-order valence-electron chi connectivity index (χ2n) is 5.43. The molecule has 0 amide bonds. The molecular formula is C15H23N3OS. The van der Waals surface area contributed by atoms with Crippen LogP contribution in [0.15, 0.2) is 6.20 Å². The van der Waals surface area contributed by atoms with Crippen molar-refractivity contribution in [1.82, 2.24) is 9.88 Å². The maximum Gasteiger partial charge on any atom is 0.128 e. The zero-order valence-electron chi connectivity index (χ0n) is 12.5. The molecule has 1 aliphatic heterocycles. The summed E-state index contributed by atoms with van der Waals surface area (Å²) >= 11 is 5.20. The minimum atomic E-state index is 0.201. The van der Waals surface area contributed by atoms with Gasteiger partial charge in [-0.3, -0.25) is 9.88 Å². The van der Waals surface area contributed by atoms with Gasteiger partial charge < -0.3 is 10.5 Å². The maximum absolute atomic E-state index is 5.87. The number of ether oxygens (including phenoxy) is 1. The molecule has 4 nitrogen and oxygen atoms in total. The molecule has 1 saturated heterocycles. The minimum Gasteiger partial charge on any atom is -0.496 e. The fourth-order valence-electron chi connectivity index (χ4n) is 2.93. The van der Waals surface area contributed by atoms with Crippen molar-refractivity contribution in [3.63, 3.8) is 0 Å². The Morgan fingerprint density at radius 2 is 2.25 bits per heavy atom. The molecule has 1 unspecified atom stereocenters. The molecule has 5 heteroatoms. The van der Waals surface area contributed by atoms with Crippen molar-refractivity contribution < 1.29 is 4.74 Å².